The molecule has 120 valence electrons. The zero-order chi connectivity index (χ0) is 15.6. The van der Waals surface area contributed by atoms with Crippen LogP contribution in [0.1, 0.15) is 16.0 Å². The summed E-state index contributed by atoms with van der Waals surface area (Å²) in [6.45, 7) is 3.81. The highest BCUT2D eigenvalue weighted by atomic mass is 32.2. The van der Waals surface area contributed by atoms with E-state index in [1.165, 1.54) is 20.9 Å². The van der Waals surface area contributed by atoms with E-state index in [1.54, 1.807) is 11.8 Å². The third-order valence-corrected chi connectivity index (χ3v) is 6.89. The van der Waals surface area contributed by atoms with E-state index in [1.807, 2.05) is 17.4 Å². The first kappa shape index (κ1) is 15.2. The highest BCUT2D eigenvalue weighted by molar-refractivity contribution is 8.01. The highest BCUT2D eigenvalue weighted by Gasteiger charge is 2.27. The molecule has 1 amide bonds. The molecule has 1 aromatic carbocycles. The molecule has 23 heavy (non-hydrogen) atoms. The number of fused-ring (bicyclic) bond motifs is 2. The van der Waals surface area contributed by atoms with Crippen molar-refractivity contribution in [3.8, 4) is 0 Å². The van der Waals surface area contributed by atoms with Crippen molar-refractivity contribution in [1.29, 1.82) is 0 Å². The topological polar surface area (TPSA) is 32.3 Å². The van der Waals surface area contributed by atoms with Crippen molar-refractivity contribution >= 4 is 29.0 Å². The molecule has 0 spiro atoms. The van der Waals surface area contributed by atoms with Crippen LogP contribution < -0.4 is 5.32 Å². The van der Waals surface area contributed by atoms with Crippen LogP contribution in [0.15, 0.2) is 40.6 Å². The Morgan fingerprint density at radius 1 is 1.26 bits per heavy atom. The molecule has 1 N–H and O–H groups in total. The minimum absolute atomic E-state index is 0.0391. The van der Waals surface area contributed by atoms with Crippen LogP contribution in [0, 0.1) is 0 Å². The Bertz CT molecular complexity index is 688. The molecule has 0 saturated carbocycles. The Morgan fingerprint density at radius 2 is 2.17 bits per heavy atom. The van der Waals surface area contributed by atoms with Gasteiger partial charge in [0.25, 0.3) is 0 Å². The average molecular weight is 345 g/mol. The van der Waals surface area contributed by atoms with Crippen LogP contribution in [0.3, 0.4) is 0 Å². The Balaban J connectivity index is 1.24. The van der Waals surface area contributed by atoms with E-state index in [-0.39, 0.29) is 11.2 Å². The fourth-order valence-electron chi connectivity index (χ4n) is 3.28. The molecule has 3 nitrogen and oxygen atoms in total. The molecule has 0 saturated heterocycles. The first-order chi connectivity index (χ1) is 11.3. The maximum atomic E-state index is 12.4. The second-order valence-electron chi connectivity index (χ2n) is 6.10. The van der Waals surface area contributed by atoms with Crippen LogP contribution in [-0.2, 0) is 24.2 Å². The molecule has 1 unspecified atom stereocenters. The van der Waals surface area contributed by atoms with Gasteiger partial charge in [0.05, 0.1) is 5.25 Å². The molecule has 2 aliphatic rings. The zero-order valence-corrected chi connectivity index (χ0v) is 14.6. The standard InChI is InChI=1S/C18H20N2OS2/c21-18(17-11-13-3-1-2-4-16(13)23-17)19-7-9-20-8-5-15-14(12-20)6-10-22-15/h1-4,6,10,17H,5,7-9,11-12H2,(H,19,21). The Kier molecular flexibility index (Phi) is 4.42. The van der Waals surface area contributed by atoms with Gasteiger partial charge in [0.1, 0.15) is 0 Å². The summed E-state index contributed by atoms with van der Waals surface area (Å²) in [5.41, 5.74) is 2.77. The van der Waals surface area contributed by atoms with Gasteiger partial charge in [-0.2, -0.15) is 0 Å². The summed E-state index contributed by atoms with van der Waals surface area (Å²) in [6.07, 6.45) is 2.00. The molecule has 2 aliphatic heterocycles. The van der Waals surface area contributed by atoms with E-state index in [9.17, 15) is 4.79 Å². The number of amides is 1. The van der Waals surface area contributed by atoms with E-state index < -0.39 is 0 Å². The van der Waals surface area contributed by atoms with Gasteiger partial charge in [-0.1, -0.05) is 18.2 Å². The van der Waals surface area contributed by atoms with Gasteiger partial charge in [-0.3, -0.25) is 9.69 Å². The lowest BCUT2D eigenvalue weighted by Crippen LogP contribution is -2.40. The van der Waals surface area contributed by atoms with Crippen molar-refractivity contribution in [2.45, 2.75) is 29.5 Å². The molecule has 0 fully saturated rings. The van der Waals surface area contributed by atoms with Crippen molar-refractivity contribution in [1.82, 2.24) is 10.2 Å². The summed E-state index contributed by atoms with van der Waals surface area (Å²) < 4.78 is 0. The van der Waals surface area contributed by atoms with E-state index >= 15 is 0 Å². The van der Waals surface area contributed by atoms with Gasteiger partial charge in [-0.15, -0.1) is 23.1 Å². The molecule has 1 atom stereocenters. The van der Waals surface area contributed by atoms with Crippen molar-refractivity contribution in [2.75, 3.05) is 19.6 Å². The molecular weight excluding hydrogens is 324 g/mol. The normalized spacial score (nSPS) is 20.1. The maximum Gasteiger partial charge on any atom is 0.233 e. The summed E-state index contributed by atoms with van der Waals surface area (Å²) in [6, 6.07) is 10.6. The number of hydrogen-bond acceptors (Lipinski definition) is 4. The maximum absolute atomic E-state index is 12.4. The van der Waals surface area contributed by atoms with Gasteiger partial charge in [0.2, 0.25) is 5.91 Å². The second kappa shape index (κ2) is 6.67. The van der Waals surface area contributed by atoms with Crippen molar-refractivity contribution < 1.29 is 4.79 Å². The lowest BCUT2D eigenvalue weighted by atomic mass is 10.1. The SMILES string of the molecule is O=C(NCCN1CCc2sccc2C1)C1Cc2ccccc2S1. The number of benzene rings is 1. The molecule has 0 radical (unpaired) electrons. The average Bonchev–Trinajstić information content (AvgIpc) is 3.20. The Labute approximate surface area is 145 Å². The lowest BCUT2D eigenvalue weighted by molar-refractivity contribution is -0.120. The van der Waals surface area contributed by atoms with Gasteiger partial charge >= 0.3 is 0 Å². The molecule has 5 heteroatoms. The third kappa shape index (κ3) is 3.32. The van der Waals surface area contributed by atoms with Gasteiger partial charge in [-0.05, 0) is 41.5 Å². The predicted octanol–water partition coefficient (Wildman–Crippen LogP) is 2.94. The number of nitrogens with one attached hydrogen (secondary N) is 1. The second-order valence-corrected chi connectivity index (χ2v) is 8.35. The van der Waals surface area contributed by atoms with Gasteiger partial charge in [-0.25, -0.2) is 0 Å². The first-order valence-electron chi connectivity index (χ1n) is 8.09. The van der Waals surface area contributed by atoms with Crippen LogP contribution in [0.2, 0.25) is 0 Å². The monoisotopic (exact) mass is 344 g/mol. The van der Waals surface area contributed by atoms with Crippen LogP contribution in [0.25, 0.3) is 0 Å². The summed E-state index contributed by atoms with van der Waals surface area (Å²) in [7, 11) is 0. The molecule has 0 aliphatic carbocycles. The zero-order valence-electron chi connectivity index (χ0n) is 13.0. The summed E-state index contributed by atoms with van der Waals surface area (Å²) in [4.78, 5) is 17.6. The summed E-state index contributed by atoms with van der Waals surface area (Å²) >= 11 is 3.57. The smallest absolute Gasteiger partial charge is 0.233 e. The van der Waals surface area contributed by atoms with Gasteiger partial charge < -0.3 is 5.32 Å². The fraction of sp³-hybridized carbons (Fsp3) is 0.389. The van der Waals surface area contributed by atoms with E-state index in [2.05, 4.69) is 39.9 Å². The molecule has 1 aromatic heterocycles. The predicted molar refractivity (Wildman–Crippen MR) is 96.1 cm³/mol. The number of carbonyl (C=O) groups is 1. The van der Waals surface area contributed by atoms with Crippen LogP contribution >= 0.6 is 23.1 Å². The van der Waals surface area contributed by atoms with Crippen molar-refractivity contribution in [3.63, 3.8) is 0 Å². The molecule has 4 rings (SSSR count). The Hall–Kier alpha value is -1.30. The number of thioether (sulfide) groups is 1. The quantitative estimate of drug-likeness (QED) is 0.925. The summed E-state index contributed by atoms with van der Waals surface area (Å²) in [5.74, 6) is 0.180. The van der Waals surface area contributed by atoms with E-state index in [0.717, 1.165) is 39.0 Å². The molecule has 3 heterocycles. The largest absolute Gasteiger partial charge is 0.354 e. The number of carbonyl (C=O) groups excluding carboxylic acids is 1. The molecule has 0 bridgehead atoms. The van der Waals surface area contributed by atoms with Crippen molar-refractivity contribution in [3.05, 3.63) is 51.7 Å². The van der Waals surface area contributed by atoms with Crippen LogP contribution in [0.4, 0.5) is 0 Å². The first-order valence-corrected chi connectivity index (χ1v) is 9.85. The van der Waals surface area contributed by atoms with Crippen LogP contribution in [-0.4, -0.2) is 35.7 Å². The molecular formula is C18H20N2OS2. The molecule has 2 aromatic rings. The number of thiophene rings is 1. The lowest BCUT2D eigenvalue weighted by Gasteiger charge is -2.26. The number of nitrogens with zero attached hydrogens (tertiary/aromatic N) is 1. The fourth-order valence-corrected chi connectivity index (χ4v) is 5.39. The number of hydrogen-bond donors (Lipinski definition) is 1. The van der Waals surface area contributed by atoms with E-state index in [0.29, 0.717) is 0 Å². The minimum Gasteiger partial charge on any atom is -0.354 e. The van der Waals surface area contributed by atoms with Crippen LogP contribution in [0.5, 0.6) is 0 Å². The van der Waals surface area contributed by atoms with Gasteiger partial charge in [0, 0.05) is 36.0 Å². The highest BCUT2D eigenvalue weighted by Crippen LogP contribution is 2.36. The Morgan fingerprint density at radius 3 is 3.09 bits per heavy atom. The minimum atomic E-state index is 0.0391. The van der Waals surface area contributed by atoms with Crippen molar-refractivity contribution in [2.24, 2.45) is 0 Å². The number of rotatable bonds is 4. The third-order valence-electron chi connectivity index (χ3n) is 4.55. The van der Waals surface area contributed by atoms with E-state index in [4.69, 9.17) is 0 Å². The summed E-state index contributed by atoms with van der Waals surface area (Å²) in [5, 5.41) is 5.35. The van der Waals surface area contributed by atoms with Gasteiger partial charge in [0.15, 0.2) is 0 Å².